The van der Waals surface area contributed by atoms with Crippen molar-refractivity contribution >= 4 is 5.88 Å². The fraction of sp³-hybridized carbons (Fsp3) is 0.464. The molecule has 2 heterocycles. The van der Waals surface area contributed by atoms with E-state index in [1.165, 1.54) is 0 Å². The van der Waals surface area contributed by atoms with Crippen LogP contribution in [0.1, 0.15) is 31.1 Å². The van der Waals surface area contributed by atoms with E-state index in [0.717, 1.165) is 80.8 Å². The first-order valence-electron chi connectivity index (χ1n) is 12.7. The molecule has 0 saturated carbocycles. The summed E-state index contributed by atoms with van der Waals surface area (Å²) >= 11 is 0. The number of aliphatic hydroxyl groups excluding tert-OH is 1. The molecule has 1 aliphatic rings. The zero-order valence-corrected chi connectivity index (χ0v) is 21.0. The van der Waals surface area contributed by atoms with Crippen LogP contribution in [0.15, 0.2) is 65.2 Å². The zero-order chi connectivity index (χ0) is 24.5. The average Bonchev–Trinajstić information content (AvgIpc) is 3.32. The van der Waals surface area contributed by atoms with Gasteiger partial charge in [-0.15, -0.1) is 0 Å². The Bertz CT molecular complexity index is 1000. The van der Waals surface area contributed by atoms with Crippen LogP contribution in [-0.4, -0.2) is 79.1 Å². The standard InChI is InChI=1S/C28H38N4O3/c1-3-32(4-2)28-25(27(29-35-28)24-13-9-6-10-14-24)21-31(16-15-30-17-19-34-20-18-30)22-26(33)23-11-7-5-8-12-23/h5-14,26,33H,3-4,15-22H2,1-2H3. The highest BCUT2D eigenvalue weighted by Crippen LogP contribution is 2.33. The Labute approximate surface area is 208 Å². The minimum Gasteiger partial charge on any atom is -0.387 e. The summed E-state index contributed by atoms with van der Waals surface area (Å²) < 4.78 is 11.5. The first kappa shape index (κ1) is 25.4. The highest BCUT2D eigenvalue weighted by molar-refractivity contribution is 5.68. The average molecular weight is 479 g/mol. The molecular formula is C28H38N4O3. The number of hydrogen-bond donors (Lipinski definition) is 1. The van der Waals surface area contributed by atoms with Gasteiger partial charge in [0.1, 0.15) is 5.69 Å². The molecule has 0 spiro atoms. The number of aliphatic hydroxyl groups is 1. The lowest BCUT2D eigenvalue weighted by atomic mass is 10.1. The summed E-state index contributed by atoms with van der Waals surface area (Å²) in [6.07, 6.45) is -0.571. The number of hydrogen-bond acceptors (Lipinski definition) is 7. The second-order valence-corrected chi connectivity index (χ2v) is 8.97. The van der Waals surface area contributed by atoms with Gasteiger partial charge in [0.25, 0.3) is 0 Å². The van der Waals surface area contributed by atoms with Gasteiger partial charge < -0.3 is 19.3 Å². The van der Waals surface area contributed by atoms with E-state index < -0.39 is 6.10 Å². The molecule has 2 aromatic carbocycles. The molecule has 7 heteroatoms. The minimum absolute atomic E-state index is 0.533. The second-order valence-electron chi connectivity index (χ2n) is 8.97. The molecule has 1 atom stereocenters. The molecule has 35 heavy (non-hydrogen) atoms. The van der Waals surface area contributed by atoms with E-state index in [-0.39, 0.29) is 0 Å². The van der Waals surface area contributed by atoms with Crippen molar-refractivity contribution in [1.29, 1.82) is 0 Å². The van der Waals surface area contributed by atoms with E-state index in [1.54, 1.807) is 0 Å². The molecule has 0 bridgehead atoms. The molecule has 1 saturated heterocycles. The molecule has 7 nitrogen and oxygen atoms in total. The third-order valence-corrected chi connectivity index (χ3v) is 6.70. The van der Waals surface area contributed by atoms with Gasteiger partial charge in [-0.3, -0.25) is 9.80 Å². The molecule has 188 valence electrons. The lowest BCUT2D eigenvalue weighted by Gasteiger charge is -2.31. The third kappa shape index (κ3) is 6.70. The van der Waals surface area contributed by atoms with Crippen LogP contribution in [0.25, 0.3) is 11.3 Å². The van der Waals surface area contributed by atoms with E-state index in [1.807, 2.05) is 48.5 Å². The maximum Gasteiger partial charge on any atom is 0.232 e. The molecule has 1 aliphatic heterocycles. The van der Waals surface area contributed by atoms with Crippen molar-refractivity contribution in [2.24, 2.45) is 0 Å². The normalized spacial score (nSPS) is 15.4. The number of aromatic nitrogens is 1. The largest absolute Gasteiger partial charge is 0.387 e. The first-order valence-corrected chi connectivity index (χ1v) is 12.7. The van der Waals surface area contributed by atoms with Crippen molar-refractivity contribution in [2.45, 2.75) is 26.5 Å². The van der Waals surface area contributed by atoms with Gasteiger partial charge in [-0.25, -0.2) is 0 Å². The number of nitrogens with zero attached hydrogens (tertiary/aromatic N) is 4. The van der Waals surface area contributed by atoms with Gasteiger partial charge in [-0.05, 0) is 19.4 Å². The van der Waals surface area contributed by atoms with Crippen LogP contribution in [0.2, 0.25) is 0 Å². The lowest BCUT2D eigenvalue weighted by Crippen LogP contribution is -2.42. The molecule has 0 radical (unpaired) electrons. The Morgan fingerprint density at radius 1 is 0.971 bits per heavy atom. The van der Waals surface area contributed by atoms with Gasteiger partial charge in [0.2, 0.25) is 5.88 Å². The van der Waals surface area contributed by atoms with Gasteiger partial charge >= 0.3 is 0 Å². The Morgan fingerprint density at radius 2 is 1.63 bits per heavy atom. The van der Waals surface area contributed by atoms with Gasteiger partial charge in [0, 0.05) is 57.9 Å². The summed E-state index contributed by atoms with van der Waals surface area (Å²) in [6.45, 7) is 12.3. The van der Waals surface area contributed by atoms with Crippen LogP contribution in [0.3, 0.4) is 0 Å². The topological polar surface area (TPSA) is 65.2 Å². The van der Waals surface area contributed by atoms with Crippen LogP contribution in [-0.2, 0) is 11.3 Å². The van der Waals surface area contributed by atoms with Crippen molar-refractivity contribution in [3.63, 3.8) is 0 Å². The van der Waals surface area contributed by atoms with E-state index in [4.69, 9.17) is 9.26 Å². The number of ether oxygens (including phenoxy) is 1. The van der Waals surface area contributed by atoms with Crippen LogP contribution in [0.5, 0.6) is 0 Å². The number of rotatable bonds is 12. The fourth-order valence-electron chi connectivity index (χ4n) is 4.62. The van der Waals surface area contributed by atoms with Crippen molar-refractivity contribution in [2.75, 3.05) is 63.9 Å². The van der Waals surface area contributed by atoms with Gasteiger partial charge in [0.15, 0.2) is 0 Å². The predicted molar refractivity (Wildman–Crippen MR) is 139 cm³/mol. The SMILES string of the molecule is CCN(CC)c1onc(-c2ccccc2)c1CN(CCN1CCOCC1)CC(O)c1ccccc1. The molecule has 0 amide bonds. The monoisotopic (exact) mass is 478 g/mol. The molecule has 1 N–H and O–H groups in total. The number of benzene rings is 2. The van der Waals surface area contributed by atoms with E-state index in [9.17, 15) is 5.11 Å². The maximum absolute atomic E-state index is 11.1. The fourth-order valence-corrected chi connectivity index (χ4v) is 4.62. The van der Waals surface area contributed by atoms with Crippen LogP contribution >= 0.6 is 0 Å². The van der Waals surface area contributed by atoms with Crippen molar-refractivity contribution < 1.29 is 14.4 Å². The van der Waals surface area contributed by atoms with Crippen molar-refractivity contribution in [3.8, 4) is 11.3 Å². The summed E-state index contributed by atoms with van der Waals surface area (Å²) in [5, 5.41) is 15.6. The Morgan fingerprint density at radius 3 is 2.29 bits per heavy atom. The molecule has 0 aliphatic carbocycles. The minimum atomic E-state index is -0.571. The smallest absolute Gasteiger partial charge is 0.232 e. The van der Waals surface area contributed by atoms with Crippen molar-refractivity contribution in [1.82, 2.24) is 15.0 Å². The molecular weight excluding hydrogens is 440 g/mol. The highest BCUT2D eigenvalue weighted by Gasteiger charge is 2.25. The van der Waals surface area contributed by atoms with Crippen LogP contribution in [0, 0.1) is 0 Å². The highest BCUT2D eigenvalue weighted by atomic mass is 16.5. The van der Waals surface area contributed by atoms with Gasteiger partial charge in [-0.1, -0.05) is 65.8 Å². The van der Waals surface area contributed by atoms with Crippen molar-refractivity contribution in [3.05, 3.63) is 71.8 Å². The summed E-state index contributed by atoms with van der Waals surface area (Å²) in [4.78, 5) is 6.98. The summed E-state index contributed by atoms with van der Waals surface area (Å²) in [5.41, 5.74) is 3.92. The van der Waals surface area contributed by atoms with Gasteiger partial charge in [-0.2, -0.15) is 0 Å². The molecule has 1 fully saturated rings. The Kier molecular flexibility index (Phi) is 9.31. The molecule has 1 aromatic heterocycles. The number of anilines is 1. The summed E-state index contributed by atoms with van der Waals surface area (Å²) in [7, 11) is 0. The Balaban J connectivity index is 1.61. The zero-order valence-electron chi connectivity index (χ0n) is 21.0. The molecule has 1 unspecified atom stereocenters. The summed E-state index contributed by atoms with van der Waals surface area (Å²) in [6, 6.07) is 20.1. The lowest BCUT2D eigenvalue weighted by molar-refractivity contribution is 0.0291. The molecule has 3 aromatic rings. The Hall–Kier alpha value is -2.71. The summed E-state index contributed by atoms with van der Waals surface area (Å²) in [5.74, 6) is 0.819. The molecule has 4 rings (SSSR count). The third-order valence-electron chi connectivity index (χ3n) is 6.70. The first-order chi connectivity index (χ1) is 17.2. The van der Waals surface area contributed by atoms with E-state index in [0.29, 0.717) is 13.1 Å². The van der Waals surface area contributed by atoms with E-state index >= 15 is 0 Å². The van der Waals surface area contributed by atoms with Crippen LogP contribution in [0.4, 0.5) is 5.88 Å². The van der Waals surface area contributed by atoms with Crippen LogP contribution < -0.4 is 4.90 Å². The van der Waals surface area contributed by atoms with Gasteiger partial charge in [0.05, 0.1) is 24.9 Å². The predicted octanol–water partition coefficient (Wildman–Crippen LogP) is 4.06. The second kappa shape index (κ2) is 12.8. The maximum atomic E-state index is 11.1. The van der Waals surface area contributed by atoms with E-state index in [2.05, 4.69) is 45.8 Å². The number of morpholine rings is 1. The quantitative estimate of drug-likeness (QED) is 0.421.